The second kappa shape index (κ2) is 8.92. The number of amides is 2. The molecular formula is C35H32N4O4. The highest BCUT2D eigenvalue weighted by Crippen LogP contribution is 2.53. The fourth-order valence-electron chi connectivity index (χ4n) is 8.04. The highest BCUT2D eigenvalue weighted by atomic mass is 16.6. The summed E-state index contributed by atoms with van der Waals surface area (Å²) < 4.78 is 18.0. The molecule has 8 nitrogen and oxygen atoms in total. The van der Waals surface area contributed by atoms with Crippen molar-refractivity contribution in [1.82, 2.24) is 19.8 Å². The fraction of sp³-hybridized carbons (Fsp3) is 0.257. The number of aromatic nitrogens is 2. The largest absolute Gasteiger partial charge is 0.374 e. The van der Waals surface area contributed by atoms with Gasteiger partial charge in [-0.25, -0.2) is 0 Å². The van der Waals surface area contributed by atoms with E-state index in [4.69, 9.17) is 9.47 Å². The number of carbonyl (C=O) groups is 2. The number of ether oxygens (including phenoxy) is 2. The van der Waals surface area contributed by atoms with Gasteiger partial charge < -0.3 is 29.2 Å². The molecule has 2 aromatic heterocycles. The van der Waals surface area contributed by atoms with E-state index in [1.54, 1.807) is 7.11 Å². The van der Waals surface area contributed by atoms with Crippen LogP contribution in [-0.2, 0) is 21.7 Å². The van der Waals surface area contributed by atoms with Gasteiger partial charge in [-0.2, -0.15) is 0 Å². The molecule has 8 heteroatoms. The highest BCUT2D eigenvalue weighted by molar-refractivity contribution is 6.31. The van der Waals surface area contributed by atoms with Gasteiger partial charge in [0.25, 0.3) is 11.8 Å². The number of methoxy groups -OCH3 is 1. The van der Waals surface area contributed by atoms with Crippen molar-refractivity contribution in [3.8, 4) is 0 Å². The Balaban J connectivity index is 0.00000278. The first-order chi connectivity index (χ1) is 20.5. The first-order valence-electron chi connectivity index (χ1n) is 14.4. The molecule has 4 atom stereocenters. The monoisotopic (exact) mass is 572 g/mol. The number of hydrogen-bond acceptors (Lipinski definition) is 4. The van der Waals surface area contributed by atoms with E-state index in [2.05, 4.69) is 51.0 Å². The van der Waals surface area contributed by atoms with Gasteiger partial charge in [0.05, 0.1) is 33.7 Å². The standard InChI is InChI=1S/C34H28N4O4.CH4/c1-34-31(41-2)22(36-32(39)18-10-4-3-5-11-18)16-25(42-34)37-23-14-8-6-12-19(23)27-28-21(17-35-33(28)40)26-20-13-7-9-15-24(20)38(34)30(26)29(27)37;/h3-15,22,25,31H,16-17H2,1-2H3,(H,35,40)(H,36,39);1H4/t22-,25-,31-,34+;/m0./s1. The third kappa shape index (κ3) is 3.17. The van der Waals surface area contributed by atoms with Gasteiger partial charge in [-0.3, -0.25) is 9.59 Å². The second-order valence-corrected chi connectivity index (χ2v) is 11.7. The number of rotatable bonds is 3. The lowest BCUT2D eigenvalue weighted by Crippen LogP contribution is -2.61. The zero-order chi connectivity index (χ0) is 28.3. The fourth-order valence-corrected chi connectivity index (χ4v) is 8.04. The number of hydrogen-bond donors (Lipinski definition) is 2. The summed E-state index contributed by atoms with van der Waals surface area (Å²) in [6.07, 6.45) is -0.429. The van der Waals surface area contributed by atoms with E-state index >= 15 is 0 Å². The van der Waals surface area contributed by atoms with E-state index in [0.717, 1.165) is 54.7 Å². The molecule has 216 valence electrons. The van der Waals surface area contributed by atoms with Crippen LogP contribution in [0.3, 0.4) is 0 Å². The zero-order valence-corrected chi connectivity index (χ0v) is 23.2. The van der Waals surface area contributed by atoms with Crippen LogP contribution in [0.1, 0.15) is 53.3 Å². The normalized spacial score (nSPS) is 23.9. The minimum atomic E-state index is -0.981. The Bertz CT molecular complexity index is 2150. The first-order valence-corrected chi connectivity index (χ1v) is 14.4. The summed E-state index contributed by atoms with van der Waals surface area (Å²) in [5, 5.41) is 10.5. The van der Waals surface area contributed by atoms with E-state index in [9.17, 15) is 9.59 Å². The molecule has 2 bridgehead atoms. The van der Waals surface area contributed by atoms with Crippen LogP contribution in [0.15, 0.2) is 78.9 Å². The second-order valence-electron chi connectivity index (χ2n) is 11.7. The summed E-state index contributed by atoms with van der Waals surface area (Å²) in [6.45, 7) is 2.54. The number of nitrogens with zero attached hydrogens (tertiary/aromatic N) is 2. The van der Waals surface area contributed by atoms with Crippen molar-refractivity contribution < 1.29 is 19.1 Å². The maximum atomic E-state index is 13.5. The van der Waals surface area contributed by atoms with Crippen molar-refractivity contribution in [3.63, 3.8) is 0 Å². The highest BCUT2D eigenvalue weighted by Gasteiger charge is 2.53. The van der Waals surface area contributed by atoms with Gasteiger partial charge in [0.1, 0.15) is 12.3 Å². The zero-order valence-electron chi connectivity index (χ0n) is 23.2. The Morgan fingerprint density at radius 2 is 1.63 bits per heavy atom. The number of fused-ring (bicyclic) bond motifs is 13. The van der Waals surface area contributed by atoms with Crippen LogP contribution < -0.4 is 10.6 Å². The van der Waals surface area contributed by atoms with Crippen LogP contribution >= 0.6 is 0 Å². The van der Waals surface area contributed by atoms with E-state index in [1.807, 2.05) is 54.6 Å². The molecule has 2 N–H and O–H groups in total. The smallest absolute Gasteiger partial charge is 0.252 e. The molecule has 2 amide bonds. The lowest BCUT2D eigenvalue weighted by molar-refractivity contribution is -0.255. The van der Waals surface area contributed by atoms with Crippen LogP contribution in [0.4, 0.5) is 0 Å². The summed E-state index contributed by atoms with van der Waals surface area (Å²) in [5.41, 5.74) is 5.38. The molecular weight excluding hydrogens is 540 g/mol. The van der Waals surface area contributed by atoms with Gasteiger partial charge >= 0.3 is 0 Å². The Morgan fingerprint density at radius 3 is 2.37 bits per heavy atom. The van der Waals surface area contributed by atoms with Crippen molar-refractivity contribution >= 4 is 55.4 Å². The van der Waals surface area contributed by atoms with Crippen molar-refractivity contribution in [2.24, 2.45) is 0 Å². The Kier molecular flexibility index (Phi) is 5.40. The minimum absolute atomic E-state index is 0. The quantitative estimate of drug-likeness (QED) is 0.264. The maximum absolute atomic E-state index is 13.5. The number of carbonyl (C=O) groups excluding carboxylic acids is 2. The van der Waals surface area contributed by atoms with E-state index < -0.39 is 18.1 Å². The molecule has 0 unspecified atom stereocenters. The van der Waals surface area contributed by atoms with Crippen LogP contribution in [0.25, 0.3) is 43.6 Å². The molecule has 0 aliphatic carbocycles. The van der Waals surface area contributed by atoms with E-state index in [-0.39, 0.29) is 25.3 Å². The third-order valence-electron chi connectivity index (χ3n) is 9.58. The van der Waals surface area contributed by atoms with Crippen molar-refractivity contribution in [2.45, 2.75) is 51.4 Å². The Hall–Kier alpha value is -4.66. The molecule has 1 saturated heterocycles. The molecule has 0 spiro atoms. The van der Waals surface area contributed by atoms with Gasteiger partial charge in [0.15, 0.2) is 5.72 Å². The van der Waals surface area contributed by atoms with Crippen molar-refractivity contribution in [1.29, 1.82) is 0 Å². The van der Waals surface area contributed by atoms with Crippen molar-refractivity contribution in [3.05, 3.63) is 95.6 Å². The van der Waals surface area contributed by atoms with Crippen LogP contribution in [-0.4, -0.2) is 40.2 Å². The molecule has 0 radical (unpaired) electrons. The van der Waals surface area contributed by atoms with Gasteiger partial charge in [-0.1, -0.05) is 62.0 Å². The molecule has 0 saturated carbocycles. The predicted octanol–water partition coefficient (Wildman–Crippen LogP) is 6.20. The molecule has 1 fully saturated rings. The summed E-state index contributed by atoms with van der Waals surface area (Å²) >= 11 is 0. The number of nitrogens with one attached hydrogen (secondary N) is 2. The molecule has 4 aromatic carbocycles. The number of para-hydroxylation sites is 2. The van der Waals surface area contributed by atoms with Crippen LogP contribution in [0.5, 0.6) is 0 Å². The molecule has 9 rings (SSSR count). The lowest BCUT2D eigenvalue weighted by Gasteiger charge is -2.48. The Morgan fingerprint density at radius 1 is 0.953 bits per heavy atom. The van der Waals surface area contributed by atoms with Gasteiger partial charge in [0.2, 0.25) is 0 Å². The van der Waals surface area contributed by atoms with Crippen LogP contribution in [0, 0.1) is 0 Å². The summed E-state index contributed by atoms with van der Waals surface area (Å²) in [5.74, 6) is -0.197. The predicted molar refractivity (Wildman–Crippen MR) is 167 cm³/mol. The van der Waals surface area contributed by atoms with E-state index in [0.29, 0.717) is 18.5 Å². The maximum Gasteiger partial charge on any atom is 0.252 e. The Labute approximate surface area is 248 Å². The molecule has 5 heterocycles. The first kappa shape index (κ1) is 26.0. The molecule has 6 aromatic rings. The van der Waals surface area contributed by atoms with Gasteiger partial charge in [-0.15, -0.1) is 0 Å². The minimum Gasteiger partial charge on any atom is -0.374 e. The molecule has 3 aliphatic heterocycles. The summed E-state index contributed by atoms with van der Waals surface area (Å²) in [6, 6.07) is 25.5. The van der Waals surface area contributed by atoms with Crippen LogP contribution in [0.2, 0.25) is 0 Å². The molecule has 43 heavy (non-hydrogen) atoms. The number of benzene rings is 4. The topological polar surface area (TPSA) is 86.5 Å². The SMILES string of the molecule is C.CO[C@H]1[C@@H](NC(=O)c2ccccc2)C[C@@H]2O[C@@]1(C)n1c3ccccc3c3c4c(c5c6ccccc6n2c5c31)C(=O)NC4. The average molecular weight is 573 g/mol. The van der Waals surface area contributed by atoms with E-state index in [1.165, 1.54) is 0 Å². The van der Waals surface area contributed by atoms with Crippen molar-refractivity contribution in [2.75, 3.05) is 7.11 Å². The third-order valence-corrected chi connectivity index (χ3v) is 9.58. The average Bonchev–Trinajstić information content (AvgIpc) is 3.65. The summed E-state index contributed by atoms with van der Waals surface area (Å²) in [4.78, 5) is 27.0. The van der Waals surface area contributed by atoms with Gasteiger partial charge in [-0.05, 0) is 36.8 Å². The summed E-state index contributed by atoms with van der Waals surface area (Å²) in [7, 11) is 1.69. The lowest BCUT2D eigenvalue weighted by atomic mass is 9.92. The molecule has 3 aliphatic rings. The van der Waals surface area contributed by atoms with Gasteiger partial charge in [0, 0.05) is 47.2 Å².